The van der Waals surface area contributed by atoms with Gasteiger partial charge in [0.15, 0.2) is 0 Å². The van der Waals surface area contributed by atoms with Crippen LogP contribution in [0.25, 0.3) is 0 Å². The molecule has 0 aromatic heterocycles. The van der Waals surface area contributed by atoms with E-state index in [0.717, 1.165) is 12.1 Å². The molecule has 1 unspecified atom stereocenters. The van der Waals surface area contributed by atoms with E-state index in [1.54, 1.807) is 35.7 Å². The smallest absolute Gasteiger partial charge is 0.243 e. The maximum Gasteiger partial charge on any atom is 0.243 e. The first-order valence-electron chi connectivity index (χ1n) is 7.92. The Bertz CT molecular complexity index is 782. The van der Waals surface area contributed by atoms with Gasteiger partial charge in [-0.2, -0.15) is 4.31 Å². The molecule has 1 aliphatic rings. The normalized spacial score (nSPS) is 19.2. The number of halogens is 1. The summed E-state index contributed by atoms with van der Waals surface area (Å²) in [6, 6.07) is 16.2. The van der Waals surface area contributed by atoms with Crippen LogP contribution in [0.5, 0.6) is 5.75 Å². The molecule has 1 saturated heterocycles. The molecule has 2 aromatic carbocycles. The van der Waals surface area contributed by atoms with Crippen molar-refractivity contribution in [3.8, 4) is 5.75 Å². The van der Waals surface area contributed by atoms with E-state index in [2.05, 4.69) is 4.90 Å². The summed E-state index contributed by atoms with van der Waals surface area (Å²) >= 11 is 0. The van der Waals surface area contributed by atoms with Crippen LogP contribution in [0.3, 0.4) is 0 Å². The summed E-state index contributed by atoms with van der Waals surface area (Å²) in [7, 11) is 0.0294. The first-order chi connectivity index (χ1) is 11.5. The van der Waals surface area contributed by atoms with Crippen LogP contribution >= 0.6 is 0 Å². The summed E-state index contributed by atoms with van der Waals surface area (Å²) < 4.78 is 33.0. The molecular weight excluding hydrogens is 360 g/mol. The largest absolute Gasteiger partial charge is 1.00 e. The molecule has 0 spiro atoms. The van der Waals surface area contributed by atoms with Crippen molar-refractivity contribution in [2.24, 2.45) is 0 Å². The van der Waals surface area contributed by atoms with Gasteiger partial charge in [-0.25, -0.2) is 8.42 Å². The molecular formula is C18H22ClN2O3S-. The number of hydrogen-bond donors (Lipinski definition) is 0. The van der Waals surface area contributed by atoms with Crippen molar-refractivity contribution in [1.29, 1.82) is 0 Å². The lowest BCUT2D eigenvalue weighted by molar-refractivity contribution is -0.00000808. The van der Waals surface area contributed by atoms with Gasteiger partial charge in [-0.15, -0.1) is 0 Å². The quantitative estimate of drug-likeness (QED) is 0.708. The molecule has 0 amide bonds. The first-order valence-corrected chi connectivity index (χ1v) is 9.36. The van der Waals surface area contributed by atoms with Crippen LogP contribution in [0.2, 0.25) is 0 Å². The van der Waals surface area contributed by atoms with E-state index in [1.165, 1.54) is 0 Å². The Morgan fingerprint density at radius 1 is 1.00 bits per heavy atom. The van der Waals surface area contributed by atoms with Crippen LogP contribution in [0, 0.1) is 0 Å². The highest BCUT2D eigenvalue weighted by molar-refractivity contribution is 7.89. The Morgan fingerprint density at radius 3 is 2.24 bits per heavy atom. The van der Waals surface area contributed by atoms with Gasteiger partial charge in [0.25, 0.3) is 0 Å². The zero-order chi connectivity index (χ0) is 17.2. The minimum atomic E-state index is -3.56. The zero-order valence-corrected chi connectivity index (χ0v) is 15.9. The van der Waals surface area contributed by atoms with Gasteiger partial charge in [0.1, 0.15) is 5.75 Å². The van der Waals surface area contributed by atoms with Crippen molar-refractivity contribution in [1.82, 2.24) is 9.21 Å². The second-order valence-corrected chi connectivity index (χ2v) is 7.87. The third kappa shape index (κ3) is 4.15. The fourth-order valence-electron chi connectivity index (χ4n) is 3.02. The van der Waals surface area contributed by atoms with Crippen molar-refractivity contribution >= 4 is 10.0 Å². The number of sulfonamides is 1. The van der Waals surface area contributed by atoms with E-state index in [0.29, 0.717) is 23.7 Å². The molecule has 0 N–H and O–H groups in total. The molecule has 0 radical (unpaired) electrons. The van der Waals surface area contributed by atoms with Crippen molar-refractivity contribution in [2.45, 2.75) is 10.9 Å². The highest BCUT2D eigenvalue weighted by Crippen LogP contribution is 2.31. The highest BCUT2D eigenvalue weighted by atomic mass is 35.5. The van der Waals surface area contributed by atoms with Gasteiger partial charge in [-0.3, -0.25) is 0 Å². The summed E-state index contributed by atoms with van der Waals surface area (Å²) in [4.78, 5) is 2.46. The van der Waals surface area contributed by atoms with Gasteiger partial charge in [0.05, 0.1) is 18.0 Å². The molecule has 0 aliphatic carbocycles. The molecule has 1 atom stereocenters. The van der Waals surface area contributed by atoms with Crippen LogP contribution in [-0.4, -0.2) is 51.4 Å². The molecule has 1 fully saturated rings. The van der Waals surface area contributed by atoms with Crippen molar-refractivity contribution in [3.63, 3.8) is 0 Å². The lowest BCUT2D eigenvalue weighted by atomic mass is 10.1. The Morgan fingerprint density at radius 2 is 1.64 bits per heavy atom. The number of piperazine rings is 1. The van der Waals surface area contributed by atoms with E-state index in [1.807, 2.05) is 37.4 Å². The number of methoxy groups -OCH3 is 1. The number of hydrogen-bond acceptors (Lipinski definition) is 4. The van der Waals surface area contributed by atoms with Crippen LogP contribution in [0.1, 0.15) is 11.6 Å². The Hall–Kier alpha value is -1.60. The lowest BCUT2D eigenvalue weighted by Gasteiger charge is -2.39. The monoisotopic (exact) mass is 381 g/mol. The molecule has 0 bridgehead atoms. The Labute approximate surface area is 155 Å². The Balaban J connectivity index is 0.00000225. The lowest BCUT2D eigenvalue weighted by Crippen LogP contribution is -3.00. The zero-order valence-electron chi connectivity index (χ0n) is 14.3. The first kappa shape index (κ1) is 19.7. The van der Waals surface area contributed by atoms with Crippen molar-refractivity contribution in [3.05, 3.63) is 60.2 Å². The molecule has 1 aliphatic heterocycles. The van der Waals surface area contributed by atoms with Gasteiger partial charge in [-0.05, 0) is 36.9 Å². The fraction of sp³-hybridized carbons (Fsp3) is 0.333. The summed E-state index contributed by atoms with van der Waals surface area (Å²) in [5, 5.41) is 0. The van der Waals surface area contributed by atoms with E-state index in [4.69, 9.17) is 4.74 Å². The van der Waals surface area contributed by atoms with Crippen LogP contribution < -0.4 is 17.1 Å². The third-order valence-electron chi connectivity index (χ3n) is 4.38. The topological polar surface area (TPSA) is 49.9 Å². The van der Waals surface area contributed by atoms with E-state index < -0.39 is 10.0 Å². The van der Waals surface area contributed by atoms with Gasteiger partial charge < -0.3 is 22.0 Å². The molecule has 7 heteroatoms. The molecule has 3 rings (SSSR count). The van der Waals surface area contributed by atoms with Gasteiger partial charge >= 0.3 is 0 Å². The minimum absolute atomic E-state index is 0. The summed E-state index contributed by atoms with van der Waals surface area (Å²) in [6.45, 7) is 1.88. The van der Waals surface area contributed by atoms with E-state index in [-0.39, 0.29) is 18.4 Å². The maximum absolute atomic E-state index is 13.1. The van der Waals surface area contributed by atoms with Crippen LogP contribution in [0.4, 0.5) is 0 Å². The third-order valence-corrected chi connectivity index (χ3v) is 6.31. The summed E-state index contributed by atoms with van der Waals surface area (Å²) in [5.74, 6) is 0.645. The molecule has 25 heavy (non-hydrogen) atoms. The summed E-state index contributed by atoms with van der Waals surface area (Å²) in [6.07, 6.45) is 0. The second-order valence-electron chi connectivity index (χ2n) is 5.98. The number of rotatable bonds is 4. The molecule has 0 saturated carbocycles. The SMILES string of the molecule is COc1ccc(S(=O)(=O)N2CCN(C)CC2c2ccccc2)cc1.[Cl-]. The molecule has 1 heterocycles. The van der Waals surface area contributed by atoms with E-state index in [9.17, 15) is 8.42 Å². The van der Waals surface area contributed by atoms with Crippen molar-refractivity contribution in [2.75, 3.05) is 33.8 Å². The predicted molar refractivity (Wildman–Crippen MR) is 93.6 cm³/mol. The number of nitrogens with zero attached hydrogens (tertiary/aromatic N) is 2. The average Bonchev–Trinajstić information content (AvgIpc) is 2.62. The number of benzene rings is 2. The predicted octanol–water partition coefficient (Wildman–Crippen LogP) is -0.623. The van der Waals surface area contributed by atoms with Crippen molar-refractivity contribution < 1.29 is 25.6 Å². The molecule has 5 nitrogen and oxygen atoms in total. The van der Waals surface area contributed by atoms with Crippen LogP contribution in [-0.2, 0) is 10.0 Å². The average molecular weight is 382 g/mol. The fourth-order valence-corrected chi connectivity index (χ4v) is 4.62. The van der Waals surface area contributed by atoms with Gasteiger partial charge in [0, 0.05) is 19.6 Å². The Kier molecular flexibility index (Phi) is 6.46. The second kappa shape index (κ2) is 8.19. The number of ether oxygens (including phenoxy) is 1. The van der Waals surface area contributed by atoms with E-state index >= 15 is 0 Å². The highest BCUT2D eigenvalue weighted by Gasteiger charge is 2.35. The summed E-state index contributed by atoms with van der Waals surface area (Å²) in [5.41, 5.74) is 1.01. The van der Waals surface area contributed by atoms with Crippen LogP contribution in [0.15, 0.2) is 59.5 Å². The molecule has 2 aromatic rings. The standard InChI is InChI=1S/C18H22N2O3S.ClH/c1-19-12-13-20(18(14-19)15-6-4-3-5-7-15)24(21,22)17-10-8-16(23-2)9-11-17;/h3-11,18H,12-14H2,1-2H3;1H/p-1. The number of likely N-dealkylation sites (N-methyl/N-ethyl adjacent to an activating group) is 1. The minimum Gasteiger partial charge on any atom is -1.00 e. The maximum atomic E-state index is 13.1. The van der Waals surface area contributed by atoms with Gasteiger partial charge in [-0.1, -0.05) is 30.3 Å². The van der Waals surface area contributed by atoms with Gasteiger partial charge in [0.2, 0.25) is 10.0 Å². The molecule has 136 valence electrons.